The summed E-state index contributed by atoms with van der Waals surface area (Å²) < 4.78 is 0. The number of amides is 1. The summed E-state index contributed by atoms with van der Waals surface area (Å²) in [5.41, 5.74) is 4.58. The maximum Gasteiger partial charge on any atom is 0.224 e. The molecule has 1 amide bonds. The van der Waals surface area contributed by atoms with E-state index in [0.29, 0.717) is 6.42 Å². The van der Waals surface area contributed by atoms with Crippen molar-refractivity contribution < 1.29 is 4.79 Å². The highest BCUT2D eigenvalue weighted by Gasteiger charge is 2.10. The molecule has 1 unspecified atom stereocenters. The van der Waals surface area contributed by atoms with Gasteiger partial charge in [-0.15, -0.1) is 0 Å². The van der Waals surface area contributed by atoms with Crippen molar-refractivity contribution in [1.29, 1.82) is 0 Å². The molecule has 0 aliphatic heterocycles. The van der Waals surface area contributed by atoms with Crippen molar-refractivity contribution in [3.8, 4) is 0 Å². The number of hydrogen-bond donors (Lipinski definition) is 1. The molecule has 0 aliphatic carbocycles. The van der Waals surface area contributed by atoms with Gasteiger partial charge in [0.05, 0.1) is 12.5 Å². The Morgan fingerprint density at radius 2 is 1.85 bits per heavy atom. The van der Waals surface area contributed by atoms with Crippen LogP contribution in [-0.2, 0) is 11.2 Å². The van der Waals surface area contributed by atoms with E-state index in [1.165, 1.54) is 11.1 Å². The van der Waals surface area contributed by atoms with Gasteiger partial charge in [0.15, 0.2) is 0 Å². The minimum Gasteiger partial charge on any atom is -0.349 e. The number of rotatable bonds is 4. The SMILES string of the molecule is Cc1ccc(CC(=O)NC(C)c2ccncc2)cc1C. The van der Waals surface area contributed by atoms with Gasteiger partial charge in [0.2, 0.25) is 5.91 Å². The van der Waals surface area contributed by atoms with Crippen LogP contribution in [0, 0.1) is 13.8 Å². The molecule has 1 aromatic carbocycles. The summed E-state index contributed by atoms with van der Waals surface area (Å²) in [6, 6.07) is 9.98. The van der Waals surface area contributed by atoms with E-state index in [2.05, 4.69) is 36.3 Å². The van der Waals surface area contributed by atoms with E-state index in [1.807, 2.05) is 25.1 Å². The van der Waals surface area contributed by atoms with E-state index >= 15 is 0 Å². The third-order valence-electron chi connectivity index (χ3n) is 3.52. The third kappa shape index (κ3) is 3.67. The van der Waals surface area contributed by atoms with Crippen molar-refractivity contribution in [2.24, 2.45) is 0 Å². The normalized spacial score (nSPS) is 11.9. The summed E-state index contributed by atoms with van der Waals surface area (Å²) >= 11 is 0. The van der Waals surface area contributed by atoms with Crippen molar-refractivity contribution in [3.05, 3.63) is 65.0 Å². The van der Waals surface area contributed by atoms with Crippen LogP contribution in [0.2, 0.25) is 0 Å². The summed E-state index contributed by atoms with van der Waals surface area (Å²) in [7, 11) is 0. The van der Waals surface area contributed by atoms with E-state index in [-0.39, 0.29) is 11.9 Å². The highest BCUT2D eigenvalue weighted by molar-refractivity contribution is 5.79. The number of carbonyl (C=O) groups excluding carboxylic acids is 1. The van der Waals surface area contributed by atoms with Crippen LogP contribution in [0.15, 0.2) is 42.7 Å². The van der Waals surface area contributed by atoms with Crippen LogP contribution < -0.4 is 5.32 Å². The number of aromatic nitrogens is 1. The van der Waals surface area contributed by atoms with Crippen molar-refractivity contribution in [1.82, 2.24) is 10.3 Å². The molecule has 20 heavy (non-hydrogen) atoms. The first-order chi connectivity index (χ1) is 9.56. The number of aryl methyl sites for hydroxylation is 2. The van der Waals surface area contributed by atoms with E-state index < -0.39 is 0 Å². The lowest BCUT2D eigenvalue weighted by Gasteiger charge is -2.14. The molecule has 1 aromatic heterocycles. The average molecular weight is 268 g/mol. The molecular weight excluding hydrogens is 248 g/mol. The molecule has 0 bridgehead atoms. The molecule has 104 valence electrons. The minimum absolute atomic E-state index is 0.00274. The molecule has 0 aliphatic rings. The summed E-state index contributed by atoms with van der Waals surface area (Å²) in [5.74, 6) is 0.0394. The standard InChI is InChI=1S/C17H20N2O/c1-12-4-5-15(10-13(12)2)11-17(20)19-14(3)16-6-8-18-9-7-16/h4-10,14H,11H2,1-3H3,(H,19,20). The van der Waals surface area contributed by atoms with Crippen molar-refractivity contribution in [2.45, 2.75) is 33.2 Å². The number of carbonyl (C=O) groups is 1. The van der Waals surface area contributed by atoms with Gasteiger partial charge < -0.3 is 5.32 Å². The molecule has 3 nitrogen and oxygen atoms in total. The van der Waals surface area contributed by atoms with Crippen molar-refractivity contribution in [2.75, 3.05) is 0 Å². The third-order valence-corrected chi connectivity index (χ3v) is 3.52. The van der Waals surface area contributed by atoms with Gasteiger partial charge in [-0.2, -0.15) is 0 Å². The predicted molar refractivity (Wildman–Crippen MR) is 80.4 cm³/mol. The highest BCUT2D eigenvalue weighted by atomic mass is 16.1. The molecule has 1 heterocycles. The van der Waals surface area contributed by atoms with Gasteiger partial charge in [0.1, 0.15) is 0 Å². The zero-order valence-electron chi connectivity index (χ0n) is 12.2. The number of nitrogens with one attached hydrogen (secondary N) is 1. The van der Waals surface area contributed by atoms with E-state index in [0.717, 1.165) is 11.1 Å². The molecule has 0 saturated heterocycles. The second-order valence-corrected chi connectivity index (χ2v) is 5.17. The van der Waals surface area contributed by atoms with Gasteiger partial charge in [-0.3, -0.25) is 9.78 Å². The smallest absolute Gasteiger partial charge is 0.224 e. The van der Waals surface area contributed by atoms with E-state index in [4.69, 9.17) is 0 Å². The fourth-order valence-electron chi connectivity index (χ4n) is 2.13. The number of hydrogen-bond acceptors (Lipinski definition) is 2. The van der Waals surface area contributed by atoms with Crippen LogP contribution in [0.1, 0.15) is 35.2 Å². The van der Waals surface area contributed by atoms with E-state index in [9.17, 15) is 4.79 Å². The van der Waals surface area contributed by atoms with Gasteiger partial charge >= 0.3 is 0 Å². The Balaban J connectivity index is 1.97. The fraction of sp³-hybridized carbons (Fsp3) is 0.294. The molecule has 0 spiro atoms. The Morgan fingerprint density at radius 3 is 2.50 bits per heavy atom. The fourth-order valence-corrected chi connectivity index (χ4v) is 2.13. The lowest BCUT2D eigenvalue weighted by molar-refractivity contribution is -0.121. The zero-order valence-corrected chi connectivity index (χ0v) is 12.2. The second kappa shape index (κ2) is 6.33. The molecule has 1 atom stereocenters. The number of pyridine rings is 1. The minimum atomic E-state index is -0.00274. The quantitative estimate of drug-likeness (QED) is 0.925. The first kappa shape index (κ1) is 14.3. The zero-order chi connectivity index (χ0) is 14.5. The average Bonchev–Trinajstić information content (AvgIpc) is 2.44. The Bertz CT molecular complexity index is 593. The Hall–Kier alpha value is -2.16. The Kier molecular flexibility index (Phi) is 4.51. The highest BCUT2D eigenvalue weighted by Crippen LogP contribution is 2.13. The van der Waals surface area contributed by atoms with Crippen LogP contribution in [-0.4, -0.2) is 10.9 Å². The maximum atomic E-state index is 12.1. The van der Waals surface area contributed by atoms with Crippen LogP contribution in [0.3, 0.4) is 0 Å². The summed E-state index contributed by atoms with van der Waals surface area (Å²) in [6.07, 6.45) is 3.89. The molecule has 2 rings (SSSR count). The summed E-state index contributed by atoms with van der Waals surface area (Å²) in [5, 5.41) is 3.01. The maximum absolute atomic E-state index is 12.1. The van der Waals surface area contributed by atoms with Crippen LogP contribution in [0.5, 0.6) is 0 Å². The van der Waals surface area contributed by atoms with Crippen molar-refractivity contribution >= 4 is 5.91 Å². The largest absolute Gasteiger partial charge is 0.349 e. The monoisotopic (exact) mass is 268 g/mol. The van der Waals surface area contributed by atoms with Crippen LogP contribution >= 0.6 is 0 Å². The number of benzene rings is 1. The van der Waals surface area contributed by atoms with Gasteiger partial charge in [0, 0.05) is 12.4 Å². The molecule has 0 fully saturated rings. The molecule has 2 aromatic rings. The Labute approximate surface area is 120 Å². The first-order valence-electron chi connectivity index (χ1n) is 6.81. The molecule has 3 heteroatoms. The second-order valence-electron chi connectivity index (χ2n) is 5.17. The summed E-state index contributed by atoms with van der Waals surface area (Å²) in [6.45, 7) is 6.12. The molecule has 0 radical (unpaired) electrons. The van der Waals surface area contributed by atoms with Crippen LogP contribution in [0.25, 0.3) is 0 Å². The number of nitrogens with zero attached hydrogens (tertiary/aromatic N) is 1. The van der Waals surface area contributed by atoms with Gasteiger partial charge in [-0.05, 0) is 55.2 Å². The van der Waals surface area contributed by atoms with Gasteiger partial charge in [-0.1, -0.05) is 18.2 Å². The Morgan fingerprint density at radius 1 is 1.15 bits per heavy atom. The first-order valence-corrected chi connectivity index (χ1v) is 6.81. The predicted octanol–water partition coefficient (Wildman–Crippen LogP) is 3.12. The molecular formula is C17H20N2O. The van der Waals surface area contributed by atoms with E-state index in [1.54, 1.807) is 12.4 Å². The molecule has 0 saturated carbocycles. The van der Waals surface area contributed by atoms with Gasteiger partial charge in [-0.25, -0.2) is 0 Å². The van der Waals surface area contributed by atoms with Crippen LogP contribution in [0.4, 0.5) is 0 Å². The topological polar surface area (TPSA) is 42.0 Å². The lowest BCUT2D eigenvalue weighted by atomic mass is 10.0. The van der Waals surface area contributed by atoms with Gasteiger partial charge in [0.25, 0.3) is 0 Å². The molecule has 1 N–H and O–H groups in total. The summed E-state index contributed by atoms with van der Waals surface area (Å²) in [4.78, 5) is 16.0. The van der Waals surface area contributed by atoms with Crippen molar-refractivity contribution in [3.63, 3.8) is 0 Å². The lowest BCUT2D eigenvalue weighted by Crippen LogP contribution is -2.28.